The zero-order valence-corrected chi connectivity index (χ0v) is 14.9. The third-order valence-corrected chi connectivity index (χ3v) is 4.61. The second-order valence-electron chi connectivity index (χ2n) is 6.34. The maximum absolute atomic E-state index is 13.5. The maximum atomic E-state index is 13.5. The van der Waals surface area contributed by atoms with Crippen molar-refractivity contribution in [2.75, 3.05) is 26.2 Å². The molecule has 136 valence electrons. The summed E-state index contributed by atoms with van der Waals surface area (Å²) in [4.78, 5) is 2.37. The minimum Gasteiger partial charge on any atom is -0.395 e. The number of nitrogens with zero attached hydrogens (tertiary/aromatic N) is 1. The van der Waals surface area contributed by atoms with E-state index in [1.165, 1.54) is 0 Å². The number of hydrogen-bond acceptors (Lipinski definition) is 4. The predicted molar refractivity (Wildman–Crippen MR) is 91.1 cm³/mol. The number of hydrogen-bond donors (Lipinski definition) is 1. The van der Waals surface area contributed by atoms with E-state index in [-0.39, 0.29) is 29.9 Å². The summed E-state index contributed by atoms with van der Waals surface area (Å²) in [5.74, 6) is 0.683. The van der Waals surface area contributed by atoms with Gasteiger partial charge in [0.15, 0.2) is 11.5 Å². The van der Waals surface area contributed by atoms with Crippen molar-refractivity contribution in [2.45, 2.75) is 39.0 Å². The van der Waals surface area contributed by atoms with Crippen LogP contribution >= 0.6 is 12.4 Å². The molecule has 0 saturated carbocycles. The van der Waals surface area contributed by atoms with Gasteiger partial charge in [0.1, 0.15) is 0 Å². The standard InChI is InChI=1S/C17H24F2N2O2.ClH/c1-3-5-12(2)15(21-10-8-20-9-11-21)13-6-4-7-14-16(13)23-17(18,19)22-14;/h4,6-7,12,15,20H,3,5,8-11H2,1-2H3;1H/t12?,15-;/m0./s1. The molecule has 1 saturated heterocycles. The van der Waals surface area contributed by atoms with E-state index in [1.54, 1.807) is 12.1 Å². The Morgan fingerprint density at radius 2 is 1.96 bits per heavy atom. The Kier molecular flexibility index (Phi) is 6.28. The van der Waals surface area contributed by atoms with E-state index in [4.69, 9.17) is 4.74 Å². The van der Waals surface area contributed by atoms with Crippen LogP contribution in [-0.2, 0) is 0 Å². The summed E-state index contributed by atoms with van der Waals surface area (Å²) in [6, 6.07) is 5.26. The van der Waals surface area contributed by atoms with Crippen molar-refractivity contribution < 1.29 is 18.3 Å². The van der Waals surface area contributed by atoms with Crippen LogP contribution in [0.4, 0.5) is 8.78 Å². The molecule has 2 heterocycles. The first-order valence-electron chi connectivity index (χ1n) is 8.35. The molecule has 0 bridgehead atoms. The van der Waals surface area contributed by atoms with E-state index in [2.05, 4.69) is 28.8 Å². The number of para-hydroxylation sites is 1. The van der Waals surface area contributed by atoms with E-state index >= 15 is 0 Å². The number of nitrogens with one attached hydrogen (secondary N) is 1. The third kappa shape index (κ3) is 3.92. The monoisotopic (exact) mass is 362 g/mol. The molecular formula is C17H25ClF2N2O2. The van der Waals surface area contributed by atoms with Crippen LogP contribution in [0, 0.1) is 5.92 Å². The van der Waals surface area contributed by atoms with Gasteiger partial charge in [-0.05, 0) is 18.4 Å². The molecule has 3 rings (SSSR count). The van der Waals surface area contributed by atoms with Gasteiger partial charge in [-0.3, -0.25) is 4.90 Å². The molecule has 0 radical (unpaired) electrons. The van der Waals surface area contributed by atoms with Crippen LogP contribution in [-0.4, -0.2) is 37.4 Å². The van der Waals surface area contributed by atoms with Gasteiger partial charge in [-0.2, -0.15) is 0 Å². The highest BCUT2D eigenvalue weighted by atomic mass is 35.5. The van der Waals surface area contributed by atoms with E-state index in [9.17, 15) is 8.78 Å². The van der Waals surface area contributed by atoms with E-state index in [1.807, 2.05) is 6.07 Å². The number of benzene rings is 1. The zero-order valence-electron chi connectivity index (χ0n) is 14.1. The van der Waals surface area contributed by atoms with Crippen molar-refractivity contribution in [3.8, 4) is 11.5 Å². The fourth-order valence-corrected chi connectivity index (χ4v) is 3.66. The fraction of sp³-hybridized carbons (Fsp3) is 0.647. The van der Waals surface area contributed by atoms with Gasteiger partial charge < -0.3 is 14.8 Å². The first-order valence-corrected chi connectivity index (χ1v) is 8.35. The van der Waals surface area contributed by atoms with Crippen LogP contribution in [0.15, 0.2) is 18.2 Å². The van der Waals surface area contributed by atoms with Gasteiger partial charge in [-0.25, -0.2) is 0 Å². The Bertz CT molecular complexity index is 553. The summed E-state index contributed by atoms with van der Waals surface area (Å²) in [7, 11) is 0. The molecule has 1 aromatic carbocycles. The Labute approximate surface area is 147 Å². The summed E-state index contributed by atoms with van der Waals surface area (Å²) in [6.45, 7) is 7.97. The van der Waals surface area contributed by atoms with E-state index < -0.39 is 6.29 Å². The number of rotatable bonds is 5. The minimum atomic E-state index is -3.57. The molecule has 1 N–H and O–H groups in total. The first kappa shape index (κ1) is 19.2. The molecule has 0 aromatic heterocycles. The lowest BCUT2D eigenvalue weighted by Crippen LogP contribution is -2.46. The van der Waals surface area contributed by atoms with Gasteiger partial charge in [0.2, 0.25) is 0 Å². The average Bonchev–Trinajstić information content (AvgIpc) is 2.84. The largest absolute Gasteiger partial charge is 0.586 e. The van der Waals surface area contributed by atoms with E-state index in [0.29, 0.717) is 5.92 Å². The van der Waals surface area contributed by atoms with Gasteiger partial charge in [0.05, 0.1) is 0 Å². The molecular weight excluding hydrogens is 338 g/mol. The second kappa shape index (κ2) is 7.85. The Balaban J connectivity index is 0.00000208. The zero-order chi connectivity index (χ0) is 16.4. The normalized spacial score (nSPS) is 21.8. The second-order valence-corrected chi connectivity index (χ2v) is 6.34. The molecule has 1 unspecified atom stereocenters. The molecule has 2 aliphatic rings. The summed E-state index contributed by atoms with van der Waals surface area (Å²) < 4.78 is 36.5. The highest BCUT2D eigenvalue weighted by molar-refractivity contribution is 5.85. The number of ether oxygens (including phenoxy) is 2. The summed E-state index contributed by atoms with van der Waals surface area (Å²) in [5, 5.41) is 3.34. The number of halogens is 3. The average molecular weight is 363 g/mol. The quantitative estimate of drug-likeness (QED) is 0.863. The molecule has 4 nitrogen and oxygen atoms in total. The van der Waals surface area contributed by atoms with Crippen molar-refractivity contribution in [1.29, 1.82) is 0 Å². The van der Waals surface area contributed by atoms with Gasteiger partial charge >= 0.3 is 6.29 Å². The lowest BCUT2D eigenvalue weighted by Gasteiger charge is -2.39. The minimum absolute atomic E-state index is 0. The van der Waals surface area contributed by atoms with Crippen LogP contribution in [0.5, 0.6) is 11.5 Å². The SMILES string of the molecule is CCCC(C)[C@@H](c1cccc2c1OC(F)(F)O2)N1CCNCC1.Cl. The summed E-state index contributed by atoms with van der Waals surface area (Å²) in [5.41, 5.74) is 0.808. The van der Waals surface area contributed by atoms with Crippen LogP contribution in [0.2, 0.25) is 0 Å². The number of fused-ring (bicyclic) bond motifs is 1. The van der Waals surface area contributed by atoms with Crippen LogP contribution in [0.1, 0.15) is 38.3 Å². The lowest BCUT2D eigenvalue weighted by molar-refractivity contribution is -0.287. The highest BCUT2D eigenvalue weighted by Gasteiger charge is 2.46. The fourth-order valence-electron chi connectivity index (χ4n) is 3.66. The van der Waals surface area contributed by atoms with Crippen molar-refractivity contribution in [3.05, 3.63) is 23.8 Å². The van der Waals surface area contributed by atoms with Crippen LogP contribution in [0.25, 0.3) is 0 Å². The molecule has 2 atom stereocenters. The van der Waals surface area contributed by atoms with Gasteiger partial charge in [0.25, 0.3) is 0 Å². The first-order chi connectivity index (χ1) is 11.0. The Morgan fingerprint density at radius 3 is 2.62 bits per heavy atom. The third-order valence-electron chi connectivity index (χ3n) is 4.61. The Morgan fingerprint density at radius 1 is 1.25 bits per heavy atom. The van der Waals surface area contributed by atoms with Crippen molar-refractivity contribution in [2.24, 2.45) is 5.92 Å². The lowest BCUT2D eigenvalue weighted by atomic mass is 9.88. The summed E-state index contributed by atoms with van der Waals surface area (Å²) in [6.07, 6.45) is -1.47. The predicted octanol–water partition coefficient (Wildman–Crippen LogP) is 3.81. The molecule has 0 amide bonds. The van der Waals surface area contributed by atoms with Gasteiger partial charge in [-0.1, -0.05) is 32.4 Å². The molecule has 0 aliphatic carbocycles. The smallest absolute Gasteiger partial charge is 0.395 e. The van der Waals surface area contributed by atoms with Crippen LogP contribution in [0.3, 0.4) is 0 Å². The molecule has 24 heavy (non-hydrogen) atoms. The van der Waals surface area contributed by atoms with Crippen LogP contribution < -0.4 is 14.8 Å². The number of alkyl halides is 2. The highest BCUT2D eigenvalue weighted by Crippen LogP contribution is 2.48. The number of piperazine rings is 1. The molecule has 1 aromatic rings. The molecule has 0 spiro atoms. The maximum Gasteiger partial charge on any atom is 0.586 e. The van der Waals surface area contributed by atoms with Crippen molar-refractivity contribution in [3.63, 3.8) is 0 Å². The molecule has 7 heteroatoms. The Hall–Kier alpha value is -1.11. The topological polar surface area (TPSA) is 33.7 Å². The van der Waals surface area contributed by atoms with Crippen molar-refractivity contribution >= 4 is 12.4 Å². The van der Waals surface area contributed by atoms with E-state index in [0.717, 1.165) is 44.6 Å². The van der Waals surface area contributed by atoms with Crippen molar-refractivity contribution in [1.82, 2.24) is 10.2 Å². The molecule has 2 aliphatic heterocycles. The van der Waals surface area contributed by atoms with Gasteiger partial charge in [-0.15, -0.1) is 21.2 Å². The van der Waals surface area contributed by atoms with Gasteiger partial charge in [0, 0.05) is 37.8 Å². The molecule has 1 fully saturated rings. The summed E-state index contributed by atoms with van der Waals surface area (Å²) >= 11 is 0.